The molecular weight excluding hydrogens is 372 g/mol. The summed E-state index contributed by atoms with van der Waals surface area (Å²) in [6, 6.07) is 10.4. The number of anilines is 1. The molecule has 0 saturated carbocycles. The van der Waals surface area contributed by atoms with Gasteiger partial charge in [-0.15, -0.1) is 0 Å². The van der Waals surface area contributed by atoms with Crippen LogP contribution in [0.15, 0.2) is 30.3 Å². The number of amides is 1. The topological polar surface area (TPSA) is 64.6 Å². The first kappa shape index (κ1) is 19.3. The fourth-order valence-corrected chi connectivity index (χ4v) is 4.53. The molecule has 7 nitrogen and oxygen atoms in total. The van der Waals surface area contributed by atoms with Crippen LogP contribution in [0.3, 0.4) is 0 Å². The lowest BCUT2D eigenvalue weighted by atomic mass is 10.1. The van der Waals surface area contributed by atoms with E-state index in [0.717, 1.165) is 62.3 Å². The van der Waals surface area contributed by atoms with Crippen molar-refractivity contribution in [2.24, 2.45) is 0 Å². The van der Waals surface area contributed by atoms with Crippen LogP contribution >= 0.6 is 11.5 Å². The summed E-state index contributed by atoms with van der Waals surface area (Å²) in [4.78, 5) is 24.3. The first-order valence-electron chi connectivity index (χ1n) is 10.0. The number of rotatable bonds is 4. The summed E-state index contributed by atoms with van der Waals surface area (Å²) in [6.45, 7) is 10.1. The number of hydrogen-bond donors (Lipinski definition) is 1. The van der Waals surface area contributed by atoms with Gasteiger partial charge < -0.3 is 15.1 Å². The zero-order valence-electron chi connectivity index (χ0n) is 16.5. The van der Waals surface area contributed by atoms with Gasteiger partial charge in [0.25, 0.3) is 0 Å². The van der Waals surface area contributed by atoms with Gasteiger partial charge in [-0.3, -0.25) is 9.69 Å². The summed E-state index contributed by atoms with van der Waals surface area (Å²) in [5, 5.41) is 4.34. The van der Waals surface area contributed by atoms with Crippen LogP contribution in [0.4, 0.5) is 5.13 Å². The van der Waals surface area contributed by atoms with Gasteiger partial charge in [0.2, 0.25) is 11.0 Å². The van der Waals surface area contributed by atoms with Crippen LogP contribution in [0.5, 0.6) is 0 Å². The quantitative estimate of drug-likeness (QED) is 0.840. The molecule has 1 amide bonds. The van der Waals surface area contributed by atoms with Crippen LogP contribution in [0.2, 0.25) is 0 Å². The van der Waals surface area contributed by atoms with E-state index in [0.29, 0.717) is 6.04 Å². The molecule has 8 heteroatoms. The lowest BCUT2D eigenvalue weighted by Gasteiger charge is -2.40. The van der Waals surface area contributed by atoms with Crippen molar-refractivity contribution in [2.75, 3.05) is 50.7 Å². The molecule has 4 rings (SSSR count). The van der Waals surface area contributed by atoms with Gasteiger partial charge in [-0.05, 0) is 13.8 Å². The second-order valence-electron chi connectivity index (χ2n) is 7.67. The Morgan fingerprint density at radius 2 is 1.89 bits per heavy atom. The van der Waals surface area contributed by atoms with Crippen molar-refractivity contribution in [1.82, 2.24) is 24.5 Å². The molecule has 0 aliphatic carbocycles. The number of nitrogens with one attached hydrogen (secondary N) is 1. The molecule has 2 aromatic rings. The van der Waals surface area contributed by atoms with Crippen molar-refractivity contribution in [2.45, 2.75) is 25.9 Å². The fourth-order valence-electron chi connectivity index (χ4n) is 3.79. The van der Waals surface area contributed by atoms with E-state index in [1.54, 1.807) is 0 Å². The molecule has 3 heterocycles. The predicted octanol–water partition coefficient (Wildman–Crippen LogP) is 1.54. The Hall–Kier alpha value is -2.03. The Labute approximate surface area is 170 Å². The molecule has 0 spiro atoms. The summed E-state index contributed by atoms with van der Waals surface area (Å²) in [6.07, 6.45) is 0. The van der Waals surface area contributed by atoms with Crippen LogP contribution in [-0.2, 0) is 4.79 Å². The molecule has 2 aliphatic heterocycles. The number of benzene rings is 1. The standard InChI is InChI=1S/C20H28N6OS/c1-15(2)26-9-8-21-17(14-26)19(27)24-10-12-25(13-11-24)20-22-18(23-28-20)16-6-4-3-5-7-16/h3-7,15,17,21H,8-14H2,1-2H3/t17-/m1/s1. The highest BCUT2D eigenvalue weighted by Gasteiger charge is 2.32. The first-order chi connectivity index (χ1) is 13.6. The van der Waals surface area contributed by atoms with Gasteiger partial charge in [-0.25, -0.2) is 0 Å². The van der Waals surface area contributed by atoms with Crippen molar-refractivity contribution >= 4 is 22.6 Å². The molecule has 150 valence electrons. The molecule has 0 bridgehead atoms. The van der Waals surface area contributed by atoms with Crippen molar-refractivity contribution in [1.29, 1.82) is 0 Å². The van der Waals surface area contributed by atoms with Gasteiger partial charge >= 0.3 is 0 Å². The number of carbonyl (C=O) groups excluding carboxylic acids is 1. The molecule has 1 atom stereocenters. The fraction of sp³-hybridized carbons (Fsp3) is 0.550. The second-order valence-corrected chi connectivity index (χ2v) is 8.40. The Morgan fingerprint density at radius 1 is 1.14 bits per heavy atom. The second kappa shape index (κ2) is 8.55. The average Bonchev–Trinajstić information content (AvgIpc) is 3.24. The maximum absolute atomic E-state index is 12.9. The highest BCUT2D eigenvalue weighted by Crippen LogP contribution is 2.24. The maximum atomic E-state index is 12.9. The maximum Gasteiger partial charge on any atom is 0.241 e. The summed E-state index contributed by atoms with van der Waals surface area (Å²) in [5.41, 5.74) is 1.04. The highest BCUT2D eigenvalue weighted by molar-refractivity contribution is 7.09. The third-order valence-corrected chi connectivity index (χ3v) is 6.32. The number of hydrogen-bond acceptors (Lipinski definition) is 7. The minimum absolute atomic E-state index is 0.0890. The van der Waals surface area contributed by atoms with E-state index in [1.807, 2.05) is 35.2 Å². The molecule has 28 heavy (non-hydrogen) atoms. The van der Waals surface area contributed by atoms with E-state index in [2.05, 4.69) is 33.3 Å². The summed E-state index contributed by atoms with van der Waals surface area (Å²) >= 11 is 1.43. The number of carbonyl (C=O) groups is 1. The average molecular weight is 401 g/mol. The molecule has 2 aliphatic rings. The van der Waals surface area contributed by atoms with Gasteiger partial charge in [0, 0.05) is 69.0 Å². The molecule has 2 saturated heterocycles. The molecule has 1 aromatic carbocycles. The largest absolute Gasteiger partial charge is 0.343 e. The van der Waals surface area contributed by atoms with E-state index in [1.165, 1.54) is 11.5 Å². The highest BCUT2D eigenvalue weighted by atomic mass is 32.1. The van der Waals surface area contributed by atoms with Gasteiger partial charge in [-0.1, -0.05) is 30.3 Å². The molecule has 0 radical (unpaired) electrons. The normalized spacial score (nSPS) is 21.3. The predicted molar refractivity (Wildman–Crippen MR) is 113 cm³/mol. The number of piperazine rings is 2. The number of nitrogens with zero attached hydrogens (tertiary/aromatic N) is 5. The van der Waals surface area contributed by atoms with Crippen molar-refractivity contribution < 1.29 is 4.79 Å². The third kappa shape index (κ3) is 4.19. The van der Waals surface area contributed by atoms with Crippen molar-refractivity contribution in [3.8, 4) is 11.4 Å². The Balaban J connectivity index is 1.33. The van der Waals surface area contributed by atoms with E-state index in [-0.39, 0.29) is 11.9 Å². The smallest absolute Gasteiger partial charge is 0.241 e. The Bertz CT molecular complexity index is 787. The van der Waals surface area contributed by atoms with Gasteiger partial charge in [0.05, 0.1) is 6.04 Å². The van der Waals surface area contributed by atoms with E-state index < -0.39 is 0 Å². The van der Waals surface area contributed by atoms with Crippen LogP contribution in [0.1, 0.15) is 13.8 Å². The van der Waals surface area contributed by atoms with Crippen molar-refractivity contribution in [3.05, 3.63) is 30.3 Å². The molecule has 2 fully saturated rings. The molecule has 1 N–H and O–H groups in total. The minimum atomic E-state index is -0.0890. The van der Waals surface area contributed by atoms with E-state index in [9.17, 15) is 4.79 Å². The zero-order chi connectivity index (χ0) is 19.5. The van der Waals surface area contributed by atoms with Crippen LogP contribution < -0.4 is 10.2 Å². The summed E-state index contributed by atoms with van der Waals surface area (Å²) in [5.74, 6) is 1.01. The summed E-state index contributed by atoms with van der Waals surface area (Å²) in [7, 11) is 0. The van der Waals surface area contributed by atoms with Crippen molar-refractivity contribution in [3.63, 3.8) is 0 Å². The van der Waals surface area contributed by atoms with E-state index >= 15 is 0 Å². The number of aromatic nitrogens is 2. The molecule has 0 unspecified atom stereocenters. The lowest BCUT2D eigenvalue weighted by molar-refractivity contribution is -0.135. The van der Waals surface area contributed by atoms with Crippen LogP contribution in [0.25, 0.3) is 11.4 Å². The Morgan fingerprint density at radius 3 is 2.61 bits per heavy atom. The van der Waals surface area contributed by atoms with Gasteiger partial charge in [-0.2, -0.15) is 9.36 Å². The zero-order valence-corrected chi connectivity index (χ0v) is 17.4. The van der Waals surface area contributed by atoms with Crippen LogP contribution in [0, 0.1) is 0 Å². The minimum Gasteiger partial charge on any atom is -0.343 e. The van der Waals surface area contributed by atoms with Gasteiger partial charge in [0.1, 0.15) is 0 Å². The SMILES string of the molecule is CC(C)N1CCN[C@@H](C(=O)N2CCN(c3nc(-c4ccccc4)ns3)CC2)C1. The monoisotopic (exact) mass is 400 g/mol. The molecular formula is C20H28N6OS. The Kier molecular flexibility index (Phi) is 5.89. The third-order valence-electron chi connectivity index (χ3n) is 5.54. The van der Waals surface area contributed by atoms with E-state index in [4.69, 9.17) is 4.98 Å². The first-order valence-corrected chi connectivity index (χ1v) is 10.8. The van der Waals surface area contributed by atoms with Crippen LogP contribution in [-0.4, -0.2) is 83.0 Å². The molecule has 1 aromatic heterocycles. The lowest BCUT2D eigenvalue weighted by Crippen LogP contribution is -2.61. The summed E-state index contributed by atoms with van der Waals surface area (Å²) < 4.78 is 4.51. The van der Waals surface area contributed by atoms with Gasteiger partial charge in [0.15, 0.2) is 5.82 Å².